The normalized spacial score (nSPS) is 14.6. The van der Waals surface area contributed by atoms with Crippen LogP contribution in [0, 0.1) is 5.92 Å². The Morgan fingerprint density at radius 3 is 2.19 bits per heavy atom. The monoisotopic (exact) mass is 381 g/mol. The zero-order valence-electron chi connectivity index (χ0n) is 15.5. The zero-order valence-corrected chi connectivity index (χ0v) is 15.5. The summed E-state index contributed by atoms with van der Waals surface area (Å²) in [5.41, 5.74) is 0. The van der Waals surface area contributed by atoms with Crippen LogP contribution in [-0.2, 0) is 19.1 Å². The van der Waals surface area contributed by atoms with Crippen molar-refractivity contribution in [1.29, 1.82) is 0 Å². The molecule has 2 rings (SSSR count). The van der Waals surface area contributed by atoms with E-state index in [9.17, 15) is 4.79 Å². The summed E-state index contributed by atoms with van der Waals surface area (Å²) >= 11 is 0. The molecule has 2 N–H and O–H groups in total. The number of nitrogens with zero attached hydrogens (tertiary/aromatic N) is 1. The minimum atomic E-state index is -1.82. The lowest BCUT2D eigenvalue weighted by atomic mass is 9.97. The largest absolute Gasteiger partial charge is 0.494 e. The third-order valence-corrected chi connectivity index (χ3v) is 4.02. The minimum absolute atomic E-state index is 0.0236. The molecule has 1 fully saturated rings. The van der Waals surface area contributed by atoms with E-state index in [1.165, 1.54) is 0 Å². The van der Waals surface area contributed by atoms with Crippen LogP contribution >= 0.6 is 0 Å². The summed E-state index contributed by atoms with van der Waals surface area (Å²) in [6.45, 7) is 6.07. The van der Waals surface area contributed by atoms with Crippen molar-refractivity contribution in [2.45, 2.75) is 26.2 Å². The molecule has 0 aromatic heterocycles. The average molecular weight is 381 g/mol. The zero-order chi connectivity index (χ0) is 20.1. The van der Waals surface area contributed by atoms with Crippen LogP contribution in [-0.4, -0.2) is 65.9 Å². The number of carbonyl (C=O) groups is 3. The molecule has 0 unspecified atom stereocenters. The van der Waals surface area contributed by atoms with Gasteiger partial charge in [-0.2, -0.15) is 0 Å². The fraction of sp³-hybridized carbons (Fsp3) is 0.526. The highest BCUT2D eigenvalue weighted by Crippen LogP contribution is 2.18. The number of hydrogen-bond acceptors (Lipinski definition) is 6. The summed E-state index contributed by atoms with van der Waals surface area (Å²) in [6.07, 6.45) is 2.84. The molecule has 0 amide bonds. The van der Waals surface area contributed by atoms with Crippen molar-refractivity contribution in [3.8, 4) is 5.75 Å². The van der Waals surface area contributed by atoms with Gasteiger partial charge in [-0.25, -0.2) is 9.59 Å². The van der Waals surface area contributed by atoms with E-state index in [1.807, 2.05) is 37.3 Å². The Morgan fingerprint density at radius 1 is 1.07 bits per heavy atom. The first-order valence-electron chi connectivity index (χ1n) is 8.97. The Hall–Kier alpha value is -2.61. The second-order valence-electron chi connectivity index (χ2n) is 5.99. The molecular weight excluding hydrogens is 354 g/mol. The lowest BCUT2D eigenvalue weighted by Gasteiger charge is -2.30. The van der Waals surface area contributed by atoms with Gasteiger partial charge < -0.3 is 24.6 Å². The molecule has 0 radical (unpaired) electrons. The first-order valence-corrected chi connectivity index (χ1v) is 8.97. The first-order chi connectivity index (χ1) is 12.9. The molecule has 1 heterocycles. The van der Waals surface area contributed by atoms with Crippen LogP contribution in [0.4, 0.5) is 0 Å². The second kappa shape index (κ2) is 12.7. The van der Waals surface area contributed by atoms with E-state index in [-0.39, 0.29) is 11.9 Å². The third-order valence-electron chi connectivity index (χ3n) is 4.02. The number of piperidine rings is 1. The Balaban J connectivity index is 0.000000527. The molecular formula is C19H27NO7. The molecule has 8 heteroatoms. The Labute approximate surface area is 158 Å². The van der Waals surface area contributed by atoms with Gasteiger partial charge in [0.2, 0.25) is 0 Å². The summed E-state index contributed by atoms with van der Waals surface area (Å²) < 4.78 is 10.8. The van der Waals surface area contributed by atoms with Crippen molar-refractivity contribution in [3.63, 3.8) is 0 Å². The Morgan fingerprint density at radius 2 is 1.67 bits per heavy atom. The average Bonchev–Trinajstić information content (AvgIpc) is 2.67. The highest BCUT2D eigenvalue weighted by atomic mass is 16.5. The summed E-state index contributed by atoms with van der Waals surface area (Å²) in [6, 6.07) is 9.90. The smallest absolute Gasteiger partial charge is 0.414 e. The molecule has 1 aromatic carbocycles. The van der Waals surface area contributed by atoms with Crippen molar-refractivity contribution in [2.24, 2.45) is 5.92 Å². The standard InChI is InChI=1S/C17H25NO3.C2H2O4/c1-2-20-17(19)15-9-12-18(13-10-15)11-6-14-21-16-7-4-3-5-8-16;3-1(4)2(5)6/h3-5,7-8,15H,2,6,9-14H2,1H3;(H,3,4)(H,5,6). The minimum Gasteiger partial charge on any atom is -0.494 e. The number of carbonyl (C=O) groups excluding carboxylic acids is 1. The molecule has 0 spiro atoms. The van der Waals surface area contributed by atoms with Crippen LogP contribution < -0.4 is 4.74 Å². The van der Waals surface area contributed by atoms with Crippen LogP contribution in [0.5, 0.6) is 5.75 Å². The summed E-state index contributed by atoms with van der Waals surface area (Å²) in [5.74, 6) is -2.64. The van der Waals surface area contributed by atoms with Crippen molar-refractivity contribution < 1.29 is 34.1 Å². The maximum absolute atomic E-state index is 11.7. The van der Waals surface area contributed by atoms with Gasteiger partial charge >= 0.3 is 17.9 Å². The van der Waals surface area contributed by atoms with E-state index in [1.54, 1.807) is 0 Å². The molecule has 1 aromatic rings. The molecule has 150 valence electrons. The fourth-order valence-corrected chi connectivity index (χ4v) is 2.65. The maximum Gasteiger partial charge on any atom is 0.414 e. The number of carboxylic acid groups (broad SMARTS) is 2. The quantitative estimate of drug-likeness (QED) is 0.418. The summed E-state index contributed by atoms with van der Waals surface area (Å²) in [7, 11) is 0. The van der Waals surface area contributed by atoms with E-state index >= 15 is 0 Å². The van der Waals surface area contributed by atoms with Crippen molar-refractivity contribution in [3.05, 3.63) is 30.3 Å². The predicted molar refractivity (Wildman–Crippen MR) is 97.6 cm³/mol. The van der Waals surface area contributed by atoms with Crippen LogP contribution in [0.2, 0.25) is 0 Å². The number of likely N-dealkylation sites (tertiary alicyclic amines) is 1. The number of esters is 1. The number of rotatable bonds is 7. The highest BCUT2D eigenvalue weighted by molar-refractivity contribution is 6.27. The molecule has 1 aliphatic heterocycles. The van der Waals surface area contributed by atoms with Gasteiger partial charge in [-0.15, -0.1) is 0 Å². The molecule has 0 bridgehead atoms. The van der Waals surface area contributed by atoms with E-state index in [4.69, 9.17) is 29.3 Å². The van der Waals surface area contributed by atoms with Gasteiger partial charge in [-0.3, -0.25) is 4.79 Å². The Bertz CT molecular complexity index is 571. The molecule has 27 heavy (non-hydrogen) atoms. The number of hydrogen-bond donors (Lipinski definition) is 2. The topological polar surface area (TPSA) is 113 Å². The molecule has 1 saturated heterocycles. The maximum atomic E-state index is 11.7. The van der Waals surface area contributed by atoms with E-state index < -0.39 is 11.9 Å². The van der Waals surface area contributed by atoms with Crippen molar-refractivity contribution in [1.82, 2.24) is 4.90 Å². The van der Waals surface area contributed by atoms with Gasteiger partial charge in [0.1, 0.15) is 5.75 Å². The van der Waals surface area contributed by atoms with Gasteiger partial charge in [0.15, 0.2) is 0 Å². The SMILES string of the molecule is CCOC(=O)C1CCN(CCCOc2ccccc2)CC1.O=C(O)C(=O)O. The van der Waals surface area contributed by atoms with Gasteiger partial charge in [0.05, 0.1) is 19.1 Å². The van der Waals surface area contributed by atoms with Gasteiger partial charge in [0.25, 0.3) is 0 Å². The van der Waals surface area contributed by atoms with Gasteiger partial charge in [-0.1, -0.05) is 18.2 Å². The molecule has 0 aliphatic carbocycles. The lowest BCUT2D eigenvalue weighted by molar-refractivity contribution is -0.159. The number of ether oxygens (including phenoxy) is 2. The summed E-state index contributed by atoms with van der Waals surface area (Å²) in [4.78, 5) is 32.3. The van der Waals surface area contributed by atoms with Crippen LogP contribution in [0.1, 0.15) is 26.2 Å². The number of benzene rings is 1. The fourth-order valence-electron chi connectivity index (χ4n) is 2.65. The van der Waals surface area contributed by atoms with Crippen LogP contribution in [0.15, 0.2) is 30.3 Å². The van der Waals surface area contributed by atoms with Gasteiger partial charge in [-0.05, 0) is 51.4 Å². The second-order valence-corrected chi connectivity index (χ2v) is 5.99. The highest BCUT2D eigenvalue weighted by Gasteiger charge is 2.25. The number of aliphatic carboxylic acids is 2. The van der Waals surface area contributed by atoms with E-state index in [2.05, 4.69) is 4.90 Å². The first kappa shape index (κ1) is 22.4. The number of para-hydroxylation sites is 1. The van der Waals surface area contributed by atoms with Crippen molar-refractivity contribution >= 4 is 17.9 Å². The van der Waals surface area contributed by atoms with Crippen LogP contribution in [0.25, 0.3) is 0 Å². The van der Waals surface area contributed by atoms with Crippen LogP contribution in [0.3, 0.4) is 0 Å². The molecule has 0 atom stereocenters. The summed E-state index contributed by atoms with van der Waals surface area (Å²) in [5, 5.41) is 14.8. The lowest BCUT2D eigenvalue weighted by Crippen LogP contribution is -2.37. The predicted octanol–water partition coefficient (Wildman–Crippen LogP) is 1.89. The Kier molecular flexibility index (Phi) is 10.5. The van der Waals surface area contributed by atoms with Gasteiger partial charge in [0, 0.05) is 6.54 Å². The molecule has 0 saturated carbocycles. The van der Waals surface area contributed by atoms with E-state index in [0.717, 1.165) is 51.3 Å². The number of carboxylic acids is 2. The molecule has 8 nitrogen and oxygen atoms in total. The van der Waals surface area contributed by atoms with Crippen molar-refractivity contribution in [2.75, 3.05) is 32.8 Å². The third kappa shape index (κ3) is 9.60. The van der Waals surface area contributed by atoms with E-state index in [0.29, 0.717) is 6.61 Å². The molecule has 1 aliphatic rings.